The molecule has 1 heterocycles. The molecule has 1 aromatic heterocycles. The quantitative estimate of drug-likeness (QED) is 0.510. The number of aliphatic hydroxyl groups is 1. The molecular weight excluding hydrogens is 426 g/mol. The van der Waals surface area contributed by atoms with E-state index in [1.54, 1.807) is 24.3 Å². The molecule has 0 saturated heterocycles. The Bertz CT molecular complexity index is 1250. The molecule has 0 unspecified atom stereocenters. The highest BCUT2D eigenvalue weighted by Crippen LogP contribution is 2.24. The maximum atomic E-state index is 14.8. The minimum Gasteiger partial charge on any atom is -0.466 e. The molecule has 0 spiro atoms. The summed E-state index contributed by atoms with van der Waals surface area (Å²) in [6, 6.07) is 8.80. The molecule has 0 aliphatic heterocycles. The summed E-state index contributed by atoms with van der Waals surface area (Å²) in [7, 11) is 0. The third-order valence-corrected chi connectivity index (χ3v) is 6.03. The average Bonchev–Trinajstić information content (AvgIpc) is 2.80. The van der Waals surface area contributed by atoms with Gasteiger partial charge in [-0.05, 0) is 42.7 Å². The molecule has 1 saturated carbocycles. The third-order valence-electron chi connectivity index (χ3n) is 6.03. The van der Waals surface area contributed by atoms with Gasteiger partial charge in [0.1, 0.15) is 17.4 Å². The van der Waals surface area contributed by atoms with Crippen LogP contribution in [-0.2, 0) is 6.54 Å². The zero-order chi connectivity index (χ0) is 23.5. The second-order valence-corrected chi connectivity index (χ2v) is 8.26. The third kappa shape index (κ3) is 4.68. The fourth-order valence-electron chi connectivity index (χ4n) is 4.34. The highest BCUT2D eigenvalue weighted by molar-refractivity contribution is 5.84. The topological polar surface area (TPSA) is 63.5 Å². The van der Waals surface area contributed by atoms with Crippen molar-refractivity contribution in [2.75, 3.05) is 0 Å². The molecule has 1 aliphatic carbocycles. The Morgan fingerprint density at radius 2 is 1.85 bits per heavy atom. The number of benzene rings is 2. The molecule has 172 valence electrons. The van der Waals surface area contributed by atoms with E-state index in [4.69, 9.17) is 4.74 Å². The molecule has 2 atom stereocenters. The van der Waals surface area contributed by atoms with Gasteiger partial charge in [-0.2, -0.15) is 0 Å². The molecule has 5 nitrogen and oxygen atoms in total. The van der Waals surface area contributed by atoms with Crippen LogP contribution < -0.4 is 15.5 Å². The number of rotatable bonds is 7. The first-order valence-electron chi connectivity index (χ1n) is 10.9. The van der Waals surface area contributed by atoms with Crippen LogP contribution in [0, 0.1) is 11.6 Å². The first-order chi connectivity index (χ1) is 15.9. The molecule has 2 N–H and O–H groups in total. The van der Waals surface area contributed by atoms with Crippen LogP contribution in [-0.4, -0.2) is 21.8 Å². The van der Waals surface area contributed by atoms with Crippen LogP contribution in [0.1, 0.15) is 36.8 Å². The molecule has 7 heteroatoms. The molecule has 0 radical (unpaired) electrons. The normalized spacial score (nSPS) is 18.2. The molecule has 1 aliphatic rings. The summed E-state index contributed by atoms with van der Waals surface area (Å²) in [6.07, 6.45) is 5.55. The molecular formula is C26H26F2N2O3. The van der Waals surface area contributed by atoms with Crippen molar-refractivity contribution in [2.45, 2.75) is 44.4 Å². The summed E-state index contributed by atoms with van der Waals surface area (Å²) in [6.45, 7) is 7.68. The zero-order valence-electron chi connectivity index (χ0n) is 18.2. The second kappa shape index (κ2) is 9.58. The molecule has 2 aromatic carbocycles. The predicted molar refractivity (Wildman–Crippen MR) is 125 cm³/mol. The van der Waals surface area contributed by atoms with E-state index >= 15 is 0 Å². The lowest BCUT2D eigenvalue weighted by molar-refractivity contribution is 0.0987. The Labute approximate surface area is 190 Å². The Hall–Kier alpha value is -3.45. The van der Waals surface area contributed by atoms with Gasteiger partial charge in [-0.25, -0.2) is 8.78 Å². The van der Waals surface area contributed by atoms with Gasteiger partial charge in [0, 0.05) is 18.4 Å². The fraction of sp³-hybridized carbons (Fsp3) is 0.269. The summed E-state index contributed by atoms with van der Waals surface area (Å²) in [5.41, 5.74) is 0.458. The predicted octanol–water partition coefficient (Wildman–Crippen LogP) is 4.71. The van der Waals surface area contributed by atoms with Gasteiger partial charge in [0.15, 0.2) is 0 Å². The van der Waals surface area contributed by atoms with Crippen LogP contribution in [0.4, 0.5) is 8.78 Å². The van der Waals surface area contributed by atoms with Crippen LogP contribution in [0.2, 0.25) is 0 Å². The van der Waals surface area contributed by atoms with E-state index in [1.165, 1.54) is 17.0 Å². The van der Waals surface area contributed by atoms with Crippen LogP contribution in [0.3, 0.4) is 0 Å². The van der Waals surface area contributed by atoms with Gasteiger partial charge in [-0.3, -0.25) is 4.79 Å². The maximum absolute atomic E-state index is 14.8. The number of aromatic nitrogens is 1. The molecule has 33 heavy (non-hydrogen) atoms. The fourth-order valence-corrected chi connectivity index (χ4v) is 4.34. The van der Waals surface area contributed by atoms with Gasteiger partial charge in [-0.1, -0.05) is 38.1 Å². The largest absolute Gasteiger partial charge is 0.466 e. The van der Waals surface area contributed by atoms with Crippen LogP contribution in [0.25, 0.3) is 16.6 Å². The number of halogens is 2. The number of nitrogens with zero attached hydrogens (tertiary/aromatic N) is 1. The highest BCUT2D eigenvalue weighted by atomic mass is 19.1. The first-order valence-corrected chi connectivity index (χ1v) is 10.9. The lowest BCUT2D eigenvalue weighted by Gasteiger charge is -2.30. The Kier molecular flexibility index (Phi) is 6.60. The smallest absolute Gasteiger partial charge is 0.201 e. The van der Waals surface area contributed by atoms with Gasteiger partial charge in [-0.15, -0.1) is 0 Å². The minimum atomic E-state index is -0.799. The maximum Gasteiger partial charge on any atom is 0.201 e. The number of aliphatic hydroxyl groups excluding tert-OH is 1. The number of pyridine rings is 1. The van der Waals surface area contributed by atoms with E-state index in [0.29, 0.717) is 12.2 Å². The van der Waals surface area contributed by atoms with E-state index in [9.17, 15) is 18.7 Å². The highest BCUT2D eigenvalue weighted by Gasteiger charge is 2.25. The Balaban J connectivity index is 1.77. The van der Waals surface area contributed by atoms with E-state index in [2.05, 4.69) is 18.5 Å². The van der Waals surface area contributed by atoms with Crippen LogP contribution in [0.15, 0.2) is 66.8 Å². The summed E-state index contributed by atoms with van der Waals surface area (Å²) in [5, 5.41) is 13.1. The zero-order valence-corrected chi connectivity index (χ0v) is 18.2. The Morgan fingerprint density at radius 3 is 2.55 bits per heavy atom. The molecule has 1 fully saturated rings. The van der Waals surface area contributed by atoms with Crippen molar-refractivity contribution in [1.82, 2.24) is 9.88 Å². The van der Waals surface area contributed by atoms with Crippen molar-refractivity contribution in [1.29, 1.82) is 0 Å². The van der Waals surface area contributed by atoms with Crippen molar-refractivity contribution in [3.05, 3.63) is 95.0 Å². The van der Waals surface area contributed by atoms with Crippen molar-refractivity contribution in [3.8, 4) is 5.75 Å². The number of hydrogen-bond acceptors (Lipinski definition) is 4. The molecule has 0 bridgehead atoms. The lowest BCUT2D eigenvalue weighted by Crippen LogP contribution is -2.41. The SMILES string of the molecule is C=COc1ccc(Cn2cc(C(=C)N[C@H]3CCCC[C@H]3O)c(=O)c3c(F)ccc(F)c32)cc1. The molecule has 4 rings (SSSR count). The van der Waals surface area contributed by atoms with E-state index in [0.717, 1.165) is 37.0 Å². The second-order valence-electron chi connectivity index (χ2n) is 8.26. The summed E-state index contributed by atoms with van der Waals surface area (Å²) >= 11 is 0. The van der Waals surface area contributed by atoms with E-state index in [1.807, 2.05) is 0 Å². The number of nitrogens with one attached hydrogen (secondary N) is 1. The number of hydrogen-bond donors (Lipinski definition) is 2. The van der Waals surface area contributed by atoms with Gasteiger partial charge in [0.05, 0.1) is 34.9 Å². The van der Waals surface area contributed by atoms with Crippen molar-refractivity contribution < 1.29 is 18.6 Å². The van der Waals surface area contributed by atoms with Crippen LogP contribution in [0.5, 0.6) is 5.75 Å². The van der Waals surface area contributed by atoms with Gasteiger partial charge >= 0.3 is 0 Å². The summed E-state index contributed by atoms with van der Waals surface area (Å²) in [5.74, 6) is -0.893. The van der Waals surface area contributed by atoms with Crippen molar-refractivity contribution in [3.63, 3.8) is 0 Å². The summed E-state index contributed by atoms with van der Waals surface area (Å²) in [4.78, 5) is 13.2. The van der Waals surface area contributed by atoms with E-state index in [-0.39, 0.29) is 34.8 Å². The summed E-state index contributed by atoms with van der Waals surface area (Å²) < 4.78 is 36.3. The monoisotopic (exact) mass is 452 g/mol. The van der Waals surface area contributed by atoms with Gasteiger partial charge in [0.25, 0.3) is 0 Å². The average molecular weight is 453 g/mol. The van der Waals surface area contributed by atoms with Gasteiger partial charge in [0.2, 0.25) is 5.43 Å². The Morgan fingerprint density at radius 1 is 1.15 bits per heavy atom. The lowest BCUT2D eigenvalue weighted by atomic mass is 9.92. The van der Waals surface area contributed by atoms with E-state index < -0.39 is 23.2 Å². The number of fused-ring (bicyclic) bond motifs is 1. The molecule has 3 aromatic rings. The van der Waals surface area contributed by atoms with Crippen molar-refractivity contribution in [2.24, 2.45) is 0 Å². The minimum absolute atomic E-state index is 0.110. The first kappa shape index (κ1) is 22.7. The van der Waals surface area contributed by atoms with Crippen molar-refractivity contribution >= 4 is 16.6 Å². The van der Waals surface area contributed by atoms with Gasteiger partial charge < -0.3 is 19.7 Å². The molecule has 0 amide bonds. The number of ether oxygens (including phenoxy) is 1. The van der Waals surface area contributed by atoms with Crippen LogP contribution >= 0.6 is 0 Å². The standard InChI is InChI=1S/C26H26F2N2O3/c1-3-33-18-10-8-17(9-11-18)14-30-15-19(16(2)29-22-6-4-5-7-23(22)31)26(32)24-20(27)12-13-21(28)25(24)30/h3,8-13,15,22-23,29,31H,1-2,4-7,14H2/t22-,23+/m0/s1.